The highest BCUT2D eigenvalue weighted by Gasteiger charge is 2.71. The highest BCUT2D eigenvalue weighted by Crippen LogP contribution is 2.67. The van der Waals surface area contributed by atoms with E-state index in [2.05, 4.69) is 37.1 Å². The Hall–Kier alpha value is -3.60. The summed E-state index contributed by atoms with van der Waals surface area (Å²) in [5.41, 5.74) is 3.96. The second-order valence-corrected chi connectivity index (χ2v) is 15.4. The van der Waals surface area contributed by atoms with Crippen molar-refractivity contribution in [1.82, 2.24) is 20.2 Å². The highest BCUT2D eigenvalue weighted by atomic mass is 16.6. The van der Waals surface area contributed by atoms with Crippen LogP contribution < -0.4 is 16.6 Å². The Kier molecular flexibility index (Phi) is 9.65. The number of epoxide rings is 1. The number of hydrogen-bond acceptors (Lipinski definition) is 14. The van der Waals surface area contributed by atoms with Gasteiger partial charge in [0.2, 0.25) is 0 Å². The Morgan fingerprint density at radius 2 is 2.04 bits per heavy atom. The van der Waals surface area contributed by atoms with Gasteiger partial charge in [0.15, 0.2) is 11.7 Å². The zero-order chi connectivity index (χ0) is 36.1. The molecule has 0 radical (unpaired) electrons. The number of ketones is 1. The number of nitrogens with zero attached hydrogens (tertiary/aromatic N) is 4. The molecule has 6 aliphatic rings. The van der Waals surface area contributed by atoms with Crippen LogP contribution in [0.15, 0.2) is 38.4 Å². The number of carbonyl (C=O) groups is 2. The number of allylic oxidation sites excluding steroid dienone is 1. The Morgan fingerprint density at radius 1 is 1.27 bits per heavy atom. The van der Waals surface area contributed by atoms with Gasteiger partial charge in [-0.25, -0.2) is 14.8 Å². The normalized spacial score (nSPS) is 36.8. The molecule has 0 bridgehead atoms. The summed E-state index contributed by atoms with van der Waals surface area (Å²) in [6.07, 6.45) is 7.81. The van der Waals surface area contributed by atoms with Gasteiger partial charge in [0, 0.05) is 43.0 Å². The van der Waals surface area contributed by atoms with E-state index in [0.717, 1.165) is 19.5 Å². The largest absolute Gasteiger partial charge is 0.423 e. The third kappa shape index (κ3) is 6.52. The molecule has 4 fully saturated rings. The minimum Gasteiger partial charge on any atom is -0.423 e. The molecule has 15 nitrogen and oxygen atoms in total. The second-order valence-electron chi connectivity index (χ2n) is 15.4. The van der Waals surface area contributed by atoms with Gasteiger partial charge in [0.1, 0.15) is 17.2 Å². The average molecular weight is 708 g/mol. The number of aromatic amines is 1. The molecule has 0 amide bonds. The van der Waals surface area contributed by atoms with Crippen LogP contribution in [0.2, 0.25) is 0 Å². The molecule has 1 aromatic heterocycles. The third-order valence-electron chi connectivity index (χ3n) is 12.6. The van der Waals surface area contributed by atoms with E-state index in [1.165, 1.54) is 12.3 Å². The zero-order valence-electron chi connectivity index (χ0n) is 29.5. The molecule has 7 rings (SSSR count). The average Bonchev–Trinajstić information content (AvgIpc) is 3.53. The van der Waals surface area contributed by atoms with Gasteiger partial charge in [-0.2, -0.15) is 0 Å². The number of anilines is 1. The molecule has 1 spiro atoms. The maximum atomic E-state index is 13.7. The number of H-pyrrole nitrogens is 1. The van der Waals surface area contributed by atoms with Gasteiger partial charge in [0.05, 0.1) is 62.7 Å². The van der Waals surface area contributed by atoms with Gasteiger partial charge < -0.3 is 35.5 Å². The number of nitrogens with one attached hydrogen (secondary N) is 2. The fourth-order valence-electron chi connectivity index (χ4n) is 9.67. The standard InChI is InChI=1S/C36H49N7O8/c1-20(25(45)15-30-38-6-7-39-30)41-24(23-13-22(51-32(23)48)12-21-17-40-33(37)42-31(21)47)14-27-34(2)5-4-29(46)35(3,18-44)26(34)16-28(36(27)19-50-36)43-8-10-49-11-9-43/h6,12-13,17,20,24,26-29,41,44,46H,4-5,7-11,14-16,18-19H2,1-3H3,(H3,37,40,42,47)/b22-12+/t20?,24?,26?,27?,28?,29-,34+,35+,36?/m1/s1. The van der Waals surface area contributed by atoms with Gasteiger partial charge >= 0.3 is 5.97 Å². The van der Waals surface area contributed by atoms with E-state index in [1.54, 1.807) is 19.2 Å². The summed E-state index contributed by atoms with van der Waals surface area (Å²) in [6, 6.07) is -1.32. The van der Waals surface area contributed by atoms with Crippen molar-refractivity contribution in [3.8, 4) is 0 Å². The van der Waals surface area contributed by atoms with E-state index in [4.69, 9.17) is 19.9 Å². The number of nitrogens with two attached hydrogens (primary N) is 1. The number of cyclic esters (lactones) is 1. The monoisotopic (exact) mass is 707 g/mol. The number of Topliss-reactive ketones (excluding diaryl/α,β-unsaturated/α-hetero) is 1. The summed E-state index contributed by atoms with van der Waals surface area (Å²) >= 11 is 0. The SMILES string of the molecule is CC(NC(CC1C2(CO2)C(N2CCOCC2)CC2[C@]1(C)CC[C@@H](O)[C@@]2(C)CO)C1=C/C(=C\c2cnc(N)[nH]c2=O)OC1=O)C(=O)CC1=NCC=N1. The molecule has 5 heterocycles. The number of esters is 1. The maximum absolute atomic E-state index is 13.7. The summed E-state index contributed by atoms with van der Waals surface area (Å²) in [7, 11) is 0. The predicted octanol–water partition coefficient (Wildman–Crippen LogP) is 0.621. The summed E-state index contributed by atoms with van der Waals surface area (Å²) in [4.78, 5) is 57.1. The van der Waals surface area contributed by atoms with Crippen LogP contribution in [-0.2, 0) is 23.8 Å². The summed E-state index contributed by atoms with van der Waals surface area (Å²) < 4.78 is 18.0. The van der Waals surface area contributed by atoms with Gasteiger partial charge in [0.25, 0.3) is 5.56 Å². The highest BCUT2D eigenvalue weighted by molar-refractivity contribution is 6.07. The molecule has 2 aliphatic carbocycles. The van der Waals surface area contributed by atoms with E-state index in [-0.39, 0.29) is 59.4 Å². The van der Waals surface area contributed by atoms with Crippen molar-refractivity contribution in [3.63, 3.8) is 0 Å². The molecule has 6 N–H and O–H groups in total. The van der Waals surface area contributed by atoms with Gasteiger partial charge in [-0.1, -0.05) is 13.8 Å². The van der Waals surface area contributed by atoms with Crippen LogP contribution in [0.4, 0.5) is 5.95 Å². The van der Waals surface area contributed by atoms with E-state index in [9.17, 15) is 24.6 Å². The van der Waals surface area contributed by atoms with Crippen molar-refractivity contribution in [2.24, 2.45) is 32.7 Å². The minimum atomic E-state index is -0.747. The first-order chi connectivity index (χ1) is 24.4. The summed E-state index contributed by atoms with van der Waals surface area (Å²) in [5, 5.41) is 25.7. The predicted molar refractivity (Wildman–Crippen MR) is 188 cm³/mol. The number of carbonyl (C=O) groups excluding carboxylic acids is 2. The molecule has 51 heavy (non-hydrogen) atoms. The lowest BCUT2D eigenvalue weighted by atomic mass is 9.43. The molecule has 1 aromatic rings. The molecule has 15 heteroatoms. The molecular formula is C36H49N7O8. The number of aliphatic hydroxyl groups is 2. The molecular weight excluding hydrogens is 658 g/mol. The number of aromatic nitrogens is 2. The first-order valence-electron chi connectivity index (χ1n) is 18.0. The quantitative estimate of drug-likeness (QED) is 0.158. The molecule has 276 valence electrons. The number of ether oxygens (including phenoxy) is 3. The van der Waals surface area contributed by atoms with Crippen molar-refractivity contribution in [2.45, 2.75) is 82.7 Å². The fraction of sp³-hybridized carbons (Fsp3) is 0.667. The van der Waals surface area contributed by atoms with Crippen molar-refractivity contribution < 1.29 is 34.0 Å². The third-order valence-corrected chi connectivity index (χ3v) is 12.6. The minimum absolute atomic E-state index is 0.00306. The van der Waals surface area contributed by atoms with Crippen LogP contribution in [-0.4, -0.2) is 125 Å². The van der Waals surface area contributed by atoms with Crippen molar-refractivity contribution in [1.29, 1.82) is 0 Å². The number of aliphatic imine (C=N–C) groups is 2. The fourth-order valence-corrected chi connectivity index (χ4v) is 9.67. The first kappa shape index (κ1) is 35.8. The van der Waals surface area contributed by atoms with E-state index >= 15 is 0 Å². The van der Waals surface area contributed by atoms with Crippen molar-refractivity contribution in [2.75, 3.05) is 51.8 Å². The summed E-state index contributed by atoms with van der Waals surface area (Å²) in [5.74, 6) is -0.295. The Bertz CT molecular complexity index is 1730. The molecule has 2 saturated heterocycles. The van der Waals surface area contributed by atoms with Crippen molar-refractivity contribution in [3.05, 3.63) is 39.5 Å². The molecule has 2 saturated carbocycles. The van der Waals surface area contributed by atoms with E-state index in [0.29, 0.717) is 57.0 Å². The topological polar surface area (TPSA) is 217 Å². The van der Waals surface area contributed by atoms with Crippen LogP contribution in [0.25, 0.3) is 6.08 Å². The lowest BCUT2D eigenvalue weighted by Gasteiger charge is -2.64. The van der Waals surface area contributed by atoms with Crippen LogP contribution in [0.3, 0.4) is 0 Å². The van der Waals surface area contributed by atoms with Gasteiger partial charge in [-0.15, -0.1) is 0 Å². The smallest absolute Gasteiger partial charge is 0.341 e. The van der Waals surface area contributed by atoms with Crippen LogP contribution in [0.1, 0.15) is 58.4 Å². The number of amidine groups is 1. The summed E-state index contributed by atoms with van der Waals surface area (Å²) in [6.45, 7) is 9.55. The van der Waals surface area contributed by atoms with E-state index < -0.39 is 40.7 Å². The van der Waals surface area contributed by atoms with Crippen LogP contribution >= 0.6 is 0 Å². The number of nitrogen functional groups attached to an aromatic ring is 1. The van der Waals surface area contributed by atoms with Crippen molar-refractivity contribution >= 4 is 35.8 Å². The molecule has 4 aliphatic heterocycles. The van der Waals surface area contributed by atoms with Gasteiger partial charge in [-0.3, -0.25) is 24.5 Å². The Morgan fingerprint density at radius 3 is 2.71 bits per heavy atom. The lowest BCUT2D eigenvalue weighted by Crippen LogP contribution is -2.68. The number of rotatable bonds is 11. The second kappa shape index (κ2) is 13.7. The first-order valence-corrected chi connectivity index (χ1v) is 18.0. The zero-order valence-corrected chi connectivity index (χ0v) is 29.5. The Balaban J connectivity index is 1.28. The number of aliphatic hydroxyl groups excluding tert-OH is 2. The van der Waals surface area contributed by atoms with Gasteiger partial charge in [-0.05, 0) is 62.0 Å². The van der Waals surface area contributed by atoms with Crippen LogP contribution in [0, 0.1) is 22.7 Å². The number of hydrogen-bond donors (Lipinski definition) is 5. The lowest BCUT2D eigenvalue weighted by molar-refractivity contribution is -0.197. The Labute approximate surface area is 296 Å². The van der Waals surface area contributed by atoms with E-state index in [1.807, 2.05) is 6.92 Å². The number of morpholine rings is 1. The molecule has 6 unspecified atom stereocenters. The number of fused-ring (bicyclic) bond motifs is 1. The molecule has 9 atom stereocenters. The van der Waals surface area contributed by atoms with Crippen LogP contribution in [0.5, 0.6) is 0 Å². The molecule has 0 aromatic carbocycles. The maximum Gasteiger partial charge on any atom is 0.341 e.